The molecule has 1 aromatic carbocycles. The van der Waals surface area contributed by atoms with Crippen molar-refractivity contribution >= 4 is 12.6 Å². The summed E-state index contributed by atoms with van der Waals surface area (Å²) >= 11 is 0. The number of benzene rings is 1. The van der Waals surface area contributed by atoms with E-state index in [0.29, 0.717) is 0 Å². The Kier molecular flexibility index (Phi) is 3.07. The van der Waals surface area contributed by atoms with E-state index in [0.717, 1.165) is 0 Å². The second kappa shape index (κ2) is 4.08. The van der Waals surface area contributed by atoms with Gasteiger partial charge in [-0.3, -0.25) is 0 Å². The maximum atomic E-state index is 11.7. The molecule has 0 amide bonds. The molecule has 0 saturated heterocycles. The first-order valence-electron chi connectivity index (χ1n) is 3.39. The molecule has 0 spiro atoms. The number of hydrogen-bond acceptors (Lipinski definition) is 3. The summed E-state index contributed by atoms with van der Waals surface area (Å²) in [5.41, 5.74) is 0.279. The van der Waals surface area contributed by atoms with Gasteiger partial charge in [-0.25, -0.2) is 4.39 Å². The lowest BCUT2D eigenvalue weighted by atomic mass is 9.80. The molecule has 12 heavy (non-hydrogen) atoms. The van der Waals surface area contributed by atoms with E-state index in [1.54, 1.807) is 6.07 Å². The predicted octanol–water partition coefficient (Wildman–Crippen LogP) is -0.328. The van der Waals surface area contributed by atoms with Crippen LogP contribution < -0.4 is 10.2 Å². The molecule has 3 nitrogen and oxygen atoms in total. The summed E-state index contributed by atoms with van der Waals surface area (Å²) in [5, 5.41) is 17.4. The fraction of sp³-hybridized carbons (Fsp3) is 0.143. The molecule has 0 aliphatic rings. The van der Waals surface area contributed by atoms with E-state index in [-0.39, 0.29) is 11.2 Å². The van der Waals surface area contributed by atoms with Crippen molar-refractivity contribution in [1.29, 1.82) is 0 Å². The Balaban J connectivity index is 2.81. The van der Waals surface area contributed by atoms with Crippen LogP contribution in [0.15, 0.2) is 24.3 Å². The predicted molar refractivity (Wildman–Crippen MR) is 42.9 cm³/mol. The third-order valence-electron chi connectivity index (χ3n) is 1.38. The highest BCUT2D eigenvalue weighted by molar-refractivity contribution is 6.58. The van der Waals surface area contributed by atoms with E-state index in [1.807, 2.05) is 0 Å². The number of rotatable bonds is 3. The molecular formula is C7H8BFO3. The van der Waals surface area contributed by atoms with Crippen LogP contribution in [0.25, 0.3) is 0 Å². The van der Waals surface area contributed by atoms with Crippen molar-refractivity contribution in [2.75, 3.05) is 6.86 Å². The Hall–Kier alpha value is -1.07. The first-order chi connectivity index (χ1) is 5.74. The van der Waals surface area contributed by atoms with Crippen molar-refractivity contribution in [2.45, 2.75) is 0 Å². The summed E-state index contributed by atoms with van der Waals surface area (Å²) in [6, 6.07) is 5.96. The lowest BCUT2D eigenvalue weighted by Gasteiger charge is -2.03. The van der Waals surface area contributed by atoms with Crippen molar-refractivity contribution in [3.8, 4) is 5.75 Å². The Morgan fingerprint density at radius 3 is 2.75 bits per heavy atom. The first-order valence-corrected chi connectivity index (χ1v) is 3.39. The molecule has 1 rings (SSSR count). The van der Waals surface area contributed by atoms with Crippen molar-refractivity contribution in [3.63, 3.8) is 0 Å². The van der Waals surface area contributed by atoms with Crippen molar-refractivity contribution in [2.24, 2.45) is 0 Å². The fourth-order valence-electron chi connectivity index (χ4n) is 0.828. The van der Waals surface area contributed by atoms with Crippen LogP contribution in [0.5, 0.6) is 5.75 Å². The van der Waals surface area contributed by atoms with E-state index in [1.165, 1.54) is 18.2 Å². The summed E-state index contributed by atoms with van der Waals surface area (Å²) in [6.07, 6.45) is 0. The van der Waals surface area contributed by atoms with Gasteiger partial charge in [-0.05, 0) is 17.6 Å². The smallest absolute Gasteiger partial charge is 0.463 e. The Labute approximate surface area is 69.6 Å². The molecule has 64 valence electrons. The molecule has 1 aromatic rings. The topological polar surface area (TPSA) is 49.7 Å². The van der Waals surface area contributed by atoms with Gasteiger partial charge in [0.1, 0.15) is 5.75 Å². The summed E-state index contributed by atoms with van der Waals surface area (Å²) in [5.74, 6) is 0.281. The van der Waals surface area contributed by atoms with Gasteiger partial charge in [-0.2, -0.15) is 0 Å². The molecule has 2 N–H and O–H groups in total. The lowest BCUT2D eigenvalue weighted by Crippen LogP contribution is -2.29. The highest BCUT2D eigenvalue weighted by Gasteiger charge is 2.10. The second-order valence-corrected chi connectivity index (χ2v) is 2.20. The first kappa shape index (κ1) is 9.03. The zero-order valence-corrected chi connectivity index (χ0v) is 6.27. The van der Waals surface area contributed by atoms with Crippen LogP contribution in [-0.4, -0.2) is 24.0 Å². The van der Waals surface area contributed by atoms with E-state index >= 15 is 0 Å². The SMILES string of the molecule is OB(O)c1cccc(OCF)c1. The quantitative estimate of drug-likeness (QED) is 0.610. The van der Waals surface area contributed by atoms with Gasteiger partial charge in [-0.1, -0.05) is 12.1 Å². The molecule has 0 unspecified atom stereocenters. The second-order valence-electron chi connectivity index (χ2n) is 2.20. The summed E-state index contributed by atoms with van der Waals surface area (Å²) in [4.78, 5) is 0. The normalized spacial score (nSPS) is 9.58. The molecular weight excluding hydrogens is 162 g/mol. The Morgan fingerprint density at radius 2 is 2.17 bits per heavy atom. The van der Waals surface area contributed by atoms with Crippen LogP contribution in [0.4, 0.5) is 4.39 Å². The molecule has 0 saturated carbocycles. The van der Waals surface area contributed by atoms with Gasteiger partial charge >= 0.3 is 7.12 Å². The van der Waals surface area contributed by atoms with E-state index < -0.39 is 14.0 Å². The minimum atomic E-state index is -1.55. The monoisotopic (exact) mass is 170 g/mol. The fourth-order valence-corrected chi connectivity index (χ4v) is 0.828. The summed E-state index contributed by atoms with van der Waals surface area (Å²) in [6.45, 7) is -0.926. The van der Waals surface area contributed by atoms with Gasteiger partial charge in [0, 0.05) is 0 Å². The van der Waals surface area contributed by atoms with Crippen LogP contribution in [0.2, 0.25) is 0 Å². The van der Waals surface area contributed by atoms with Gasteiger partial charge in [-0.15, -0.1) is 0 Å². The van der Waals surface area contributed by atoms with Crippen LogP contribution in [0, 0.1) is 0 Å². The van der Waals surface area contributed by atoms with Crippen molar-refractivity contribution in [1.82, 2.24) is 0 Å². The van der Waals surface area contributed by atoms with Crippen LogP contribution in [-0.2, 0) is 0 Å². The molecule has 5 heteroatoms. The summed E-state index contributed by atoms with van der Waals surface area (Å²) < 4.78 is 16.2. The molecule has 0 heterocycles. The average Bonchev–Trinajstić information content (AvgIpc) is 2.05. The van der Waals surface area contributed by atoms with E-state index in [2.05, 4.69) is 4.74 Å². The zero-order valence-electron chi connectivity index (χ0n) is 6.27. The minimum absolute atomic E-state index is 0.279. The van der Waals surface area contributed by atoms with Crippen LogP contribution in [0.1, 0.15) is 0 Å². The number of alkyl halides is 1. The maximum Gasteiger partial charge on any atom is 0.488 e. The molecule has 0 aliphatic carbocycles. The van der Waals surface area contributed by atoms with Crippen LogP contribution in [0.3, 0.4) is 0 Å². The molecule has 0 bridgehead atoms. The number of halogens is 1. The van der Waals surface area contributed by atoms with Crippen molar-refractivity contribution < 1.29 is 19.2 Å². The van der Waals surface area contributed by atoms with Gasteiger partial charge in [0.05, 0.1) is 0 Å². The minimum Gasteiger partial charge on any atom is -0.463 e. The molecule has 0 aliphatic heterocycles. The van der Waals surface area contributed by atoms with Gasteiger partial charge in [0.15, 0.2) is 0 Å². The highest BCUT2D eigenvalue weighted by Crippen LogP contribution is 2.06. The summed E-state index contributed by atoms with van der Waals surface area (Å²) in [7, 11) is -1.55. The van der Waals surface area contributed by atoms with Crippen LogP contribution >= 0.6 is 0 Å². The lowest BCUT2D eigenvalue weighted by molar-refractivity contribution is 0.192. The third kappa shape index (κ3) is 2.22. The Bertz CT molecular complexity index is 254. The standard InChI is InChI=1S/C7H8BFO3/c9-5-12-7-3-1-2-6(4-7)8(10)11/h1-4,10-11H,5H2. The van der Waals surface area contributed by atoms with E-state index in [4.69, 9.17) is 10.0 Å². The largest absolute Gasteiger partial charge is 0.488 e. The highest BCUT2D eigenvalue weighted by atomic mass is 19.1. The number of hydrogen-bond donors (Lipinski definition) is 2. The van der Waals surface area contributed by atoms with E-state index in [9.17, 15) is 4.39 Å². The number of ether oxygens (including phenoxy) is 1. The maximum absolute atomic E-state index is 11.7. The average molecular weight is 170 g/mol. The Morgan fingerprint density at radius 1 is 1.42 bits per heavy atom. The van der Waals surface area contributed by atoms with Gasteiger partial charge < -0.3 is 14.8 Å². The molecule has 0 fully saturated rings. The molecule has 0 atom stereocenters. The van der Waals surface area contributed by atoms with Gasteiger partial charge in [0.2, 0.25) is 6.86 Å². The van der Waals surface area contributed by atoms with Crippen molar-refractivity contribution in [3.05, 3.63) is 24.3 Å². The zero-order chi connectivity index (χ0) is 8.97. The third-order valence-corrected chi connectivity index (χ3v) is 1.38. The van der Waals surface area contributed by atoms with Gasteiger partial charge in [0.25, 0.3) is 0 Å². The molecule has 0 aromatic heterocycles. The molecule has 0 radical (unpaired) electrons.